The number of furan rings is 1. The van der Waals surface area contributed by atoms with Gasteiger partial charge in [-0.2, -0.15) is 0 Å². The summed E-state index contributed by atoms with van der Waals surface area (Å²) < 4.78 is 12.2. The molecule has 0 saturated heterocycles. The molecule has 0 saturated carbocycles. The molecule has 0 aliphatic carbocycles. The van der Waals surface area contributed by atoms with Gasteiger partial charge in [-0.05, 0) is 24.1 Å². The van der Waals surface area contributed by atoms with Crippen LogP contribution in [0.2, 0.25) is 0 Å². The van der Waals surface area contributed by atoms with Crippen molar-refractivity contribution in [1.82, 2.24) is 0 Å². The molecule has 0 radical (unpaired) electrons. The van der Waals surface area contributed by atoms with Crippen LogP contribution < -0.4 is 4.74 Å². The van der Waals surface area contributed by atoms with E-state index in [0.717, 1.165) is 33.4 Å². The second kappa shape index (κ2) is 4.50. The number of halogens is 1. The highest BCUT2D eigenvalue weighted by molar-refractivity contribution is 9.10. The van der Waals surface area contributed by atoms with Crippen LogP contribution in [0.15, 0.2) is 27.1 Å². The molecule has 2 aromatic rings. The summed E-state index contributed by atoms with van der Waals surface area (Å²) in [5.41, 5.74) is 0.826. The minimum Gasteiger partial charge on any atom is -0.493 e. The number of ether oxygens (including phenoxy) is 1. The Morgan fingerprint density at radius 2 is 2.12 bits per heavy atom. The van der Waals surface area contributed by atoms with Crippen LogP contribution in [0.5, 0.6) is 5.75 Å². The number of hydrogen-bond donors (Lipinski definition) is 0. The predicted octanol–water partition coefficient (Wildman–Crippen LogP) is 4.40. The first-order chi connectivity index (χ1) is 7.61. The Bertz CT molecular complexity index is 500. The lowest BCUT2D eigenvalue weighted by Crippen LogP contribution is -1.90. The normalized spacial score (nSPS) is 11.3. The second-order valence-corrected chi connectivity index (χ2v) is 5.16. The van der Waals surface area contributed by atoms with Crippen molar-refractivity contribution in [2.24, 2.45) is 5.92 Å². The quantitative estimate of drug-likeness (QED) is 0.832. The van der Waals surface area contributed by atoms with Crippen LogP contribution in [0.3, 0.4) is 0 Å². The van der Waals surface area contributed by atoms with E-state index in [1.807, 2.05) is 12.1 Å². The molecule has 0 amide bonds. The van der Waals surface area contributed by atoms with Gasteiger partial charge in [-0.15, -0.1) is 0 Å². The molecule has 0 aliphatic rings. The highest BCUT2D eigenvalue weighted by Crippen LogP contribution is 2.34. The molecule has 0 fully saturated rings. The molecule has 0 atom stereocenters. The maximum absolute atomic E-state index is 5.83. The van der Waals surface area contributed by atoms with E-state index in [1.165, 1.54) is 0 Å². The van der Waals surface area contributed by atoms with Crippen LogP contribution in [0.4, 0.5) is 0 Å². The lowest BCUT2D eigenvalue weighted by Gasteiger charge is -2.01. The van der Waals surface area contributed by atoms with Gasteiger partial charge in [-0.25, -0.2) is 0 Å². The number of hydrogen-bond acceptors (Lipinski definition) is 2. The number of benzene rings is 1. The summed E-state index contributed by atoms with van der Waals surface area (Å²) in [7, 11) is 1.66. The van der Waals surface area contributed by atoms with Crippen molar-refractivity contribution in [3.05, 3.63) is 28.4 Å². The van der Waals surface area contributed by atoms with Gasteiger partial charge >= 0.3 is 0 Å². The van der Waals surface area contributed by atoms with Crippen molar-refractivity contribution in [1.29, 1.82) is 0 Å². The maximum Gasteiger partial charge on any atom is 0.177 e. The fraction of sp³-hybridized carbons (Fsp3) is 0.385. The zero-order chi connectivity index (χ0) is 11.7. The monoisotopic (exact) mass is 282 g/mol. The molecule has 2 rings (SSSR count). The van der Waals surface area contributed by atoms with Crippen LogP contribution in [0, 0.1) is 5.92 Å². The van der Waals surface area contributed by atoms with Crippen LogP contribution in [-0.4, -0.2) is 7.11 Å². The Hall–Kier alpha value is -0.960. The molecular formula is C13H15BrO2. The fourth-order valence-corrected chi connectivity index (χ4v) is 2.21. The van der Waals surface area contributed by atoms with Crippen molar-refractivity contribution in [3.8, 4) is 5.75 Å². The predicted molar refractivity (Wildman–Crippen MR) is 69.0 cm³/mol. The first-order valence-corrected chi connectivity index (χ1v) is 6.16. The SMILES string of the molecule is COc1ccc(Br)c2cc(CC(C)C)oc12. The number of fused-ring (bicyclic) bond motifs is 1. The van der Waals surface area contributed by atoms with E-state index in [2.05, 4.69) is 35.8 Å². The molecule has 0 unspecified atom stereocenters. The standard InChI is InChI=1S/C13H15BrO2/c1-8(2)6-9-7-10-11(14)4-5-12(15-3)13(10)16-9/h4-5,7-8H,6H2,1-3H3. The van der Waals surface area contributed by atoms with E-state index in [1.54, 1.807) is 7.11 Å². The third kappa shape index (κ3) is 2.09. The fourth-order valence-electron chi connectivity index (χ4n) is 1.78. The minimum atomic E-state index is 0.588. The zero-order valence-corrected chi connectivity index (χ0v) is 11.3. The van der Waals surface area contributed by atoms with Gasteiger partial charge < -0.3 is 9.15 Å². The number of methoxy groups -OCH3 is 1. The third-order valence-electron chi connectivity index (χ3n) is 2.47. The molecule has 0 spiro atoms. The summed E-state index contributed by atoms with van der Waals surface area (Å²) in [5.74, 6) is 2.38. The first kappa shape index (κ1) is 11.5. The number of rotatable bonds is 3. The van der Waals surface area contributed by atoms with Gasteiger partial charge in [-0.1, -0.05) is 29.8 Å². The van der Waals surface area contributed by atoms with Crippen LogP contribution in [0.25, 0.3) is 11.0 Å². The van der Waals surface area contributed by atoms with Crippen LogP contribution in [-0.2, 0) is 6.42 Å². The van der Waals surface area contributed by atoms with Crippen LogP contribution in [0.1, 0.15) is 19.6 Å². The van der Waals surface area contributed by atoms with E-state index in [-0.39, 0.29) is 0 Å². The van der Waals surface area contributed by atoms with Crippen molar-refractivity contribution < 1.29 is 9.15 Å². The van der Waals surface area contributed by atoms with E-state index >= 15 is 0 Å². The molecule has 86 valence electrons. The Kier molecular flexibility index (Phi) is 3.24. The smallest absolute Gasteiger partial charge is 0.177 e. The van der Waals surface area contributed by atoms with Gasteiger partial charge in [0.2, 0.25) is 0 Å². The molecule has 0 N–H and O–H groups in total. The molecule has 0 aliphatic heterocycles. The van der Waals surface area contributed by atoms with Gasteiger partial charge in [0, 0.05) is 16.3 Å². The largest absolute Gasteiger partial charge is 0.493 e. The van der Waals surface area contributed by atoms with Crippen molar-refractivity contribution >= 4 is 26.9 Å². The molecular weight excluding hydrogens is 268 g/mol. The van der Waals surface area contributed by atoms with Gasteiger partial charge in [0.1, 0.15) is 5.76 Å². The molecule has 2 nitrogen and oxygen atoms in total. The Labute approximate surface area is 104 Å². The Balaban J connectivity index is 2.54. The summed E-state index contributed by atoms with van der Waals surface area (Å²) in [6.45, 7) is 4.36. The van der Waals surface area contributed by atoms with Gasteiger partial charge in [0.05, 0.1) is 7.11 Å². The lowest BCUT2D eigenvalue weighted by atomic mass is 10.1. The summed E-state index contributed by atoms with van der Waals surface area (Å²) in [6.07, 6.45) is 0.949. The summed E-state index contributed by atoms with van der Waals surface area (Å²) >= 11 is 3.52. The molecule has 1 aromatic heterocycles. The Morgan fingerprint density at radius 3 is 2.75 bits per heavy atom. The highest BCUT2D eigenvalue weighted by atomic mass is 79.9. The van der Waals surface area contributed by atoms with Crippen molar-refractivity contribution in [2.75, 3.05) is 7.11 Å². The highest BCUT2D eigenvalue weighted by Gasteiger charge is 2.12. The third-order valence-corrected chi connectivity index (χ3v) is 3.17. The van der Waals surface area contributed by atoms with Gasteiger partial charge in [0.25, 0.3) is 0 Å². The lowest BCUT2D eigenvalue weighted by molar-refractivity contribution is 0.405. The minimum absolute atomic E-state index is 0.588. The molecule has 1 heterocycles. The first-order valence-electron chi connectivity index (χ1n) is 5.36. The second-order valence-electron chi connectivity index (χ2n) is 4.30. The van der Waals surface area contributed by atoms with Gasteiger partial charge in [0.15, 0.2) is 11.3 Å². The molecule has 16 heavy (non-hydrogen) atoms. The van der Waals surface area contributed by atoms with Crippen molar-refractivity contribution in [2.45, 2.75) is 20.3 Å². The van der Waals surface area contributed by atoms with Crippen molar-refractivity contribution in [3.63, 3.8) is 0 Å². The average Bonchev–Trinajstić information content (AvgIpc) is 2.62. The topological polar surface area (TPSA) is 22.4 Å². The summed E-state index contributed by atoms with van der Waals surface area (Å²) in [5, 5.41) is 1.08. The summed E-state index contributed by atoms with van der Waals surface area (Å²) in [6, 6.07) is 5.98. The average molecular weight is 283 g/mol. The van der Waals surface area contributed by atoms with E-state index in [0.29, 0.717) is 5.92 Å². The molecule has 1 aromatic carbocycles. The Morgan fingerprint density at radius 1 is 1.38 bits per heavy atom. The van der Waals surface area contributed by atoms with E-state index in [9.17, 15) is 0 Å². The van der Waals surface area contributed by atoms with E-state index < -0.39 is 0 Å². The van der Waals surface area contributed by atoms with E-state index in [4.69, 9.17) is 9.15 Å². The van der Waals surface area contributed by atoms with Gasteiger partial charge in [-0.3, -0.25) is 0 Å². The maximum atomic E-state index is 5.83. The summed E-state index contributed by atoms with van der Waals surface area (Å²) in [4.78, 5) is 0. The molecule has 3 heteroatoms. The van der Waals surface area contributed by atoms with Crippen LogP contribution >= 0.6 is 15.9 Å². The zero-order valence-electron chi connectivity index (χ0n) is 9.71. The molecule has 0 bridgehead atoms.